The molecule has 0 saturated carbocycles. The molecule has 0 aromatic heterocycles. The van der Waals surface area contributed by atoms with Crippen LogP contribution in [0.4, 0.5) is 20.2 Å². The van der Waals surface area contributed by atoms with E-state index in [-0.39, 0.29) is 5.69 Å². The topological polar surface area (TPSA) is 38.5 Å². The molecule has 1 aromatic rings. The summed E-state index contributed by atoms with van der Waals surface area (Å²) in [5.41, 5.74) is 6.04. The molecule has 0 bridgehead atoms. The second kappa shape index (κ2) is 6.54. The molecule has 5 heteroatoms. The van der Waals surface area contributed by atoms with Crippen LogP contribution < -0.4 is 10.6 Å². The van der Waals surface area contributed by atoms with Crippen molar-refractivity contribution >= 4 is 11.4 Å². The van der Waals surface area contributed by atoms with Crippen LogP contribution in [0.5, 0.6) is 0 Å². The van der Waals surface area contributed by atoms with Crippen molar-refractivity contribution in [1.82, 2.24) is 0 Å². The van der Waals surface area contributed by atoms with Crippen LogP contribution in [0.25, 0.3) is 0 Å². The molecular formula is C13H20F2N2O. The summed E-state index contributed by atoms with van der Waals surface area (Å²) in [4.78, 5) is 1.84. The SMILES string of the molecule is COCCN(CC(C)C)c1cc(F)cc(F)c1N. The third kappa shape index (κ3) is 3.84. The highest BCUT2D eigenvalue weighted by atomic mass is 19.1. The molecule has 0 saturated heterocycles. The van der Waals surface area contributed by atoms with Crippen LogP contribution in [0.1, 0.15) is 13.8 Å². The largest absolute Gasteiger partial charge is 0.395 e. The Hall–Kier alpha value is -1.36. The van der Waals surface area contributed by atoms with Gasteiger partial charge in [0.25, 0.3) is 0 Å². The maximum atomic E-state index is 13.4. The number of rotatable bonds is 6. The quantitative estimate of drug-likeness (QED) is 0.797. The molecule has 0 radical (unpaired) electrons. The summed E-state index contributed by atoms with van der Waals surface area (Å²) in [6.45, 7) is 5.75. The summed E-state index contributed by atoms with van der Waals surface area (Å²) in [6, 6.07) is 2.05. The van der Waals surface area contributed by atoms with E-state index in [1.54, 1.807) is 7.11 Å². The molecule has 0 unspecified atom stereocenters. The van der Waals surface area contributed by atoms with Gasteiger partial charge in [0.1, 0.15) is 5.82 Å². The third-order valence-corrected chi connectivity index (χ3v) is 2.56. The second-order valence-electron chi connectivity index (χ2n) is 4.65. The molecule has 102 valence electrons. The number of nitrogen functional groups attached to an aromatic ring is 1. The van der Waals surface area contributed by atoms with Crippen LogP contribution in [0.15, 0.2) is 12.1 Å². The summed E-state index contributed by atoms with van der Waals surface area (Å²) in [5.74, 6) is -0.994. The highest BCUT2D eigenvalue weighted by Gasteiger charge is 2.15. The first-order chi connectivity index (χ1) is 8.45. The minimum Gasteiger partial charge on any atom is -0.395 e. The monoisotopic (exact) mass is 258 g/mol. The van der Waals surface area contributed by atoms with Crippen molar-refractivity contribution in [3.63, 3.8) is 0 Å². The van der Waals surface area contributed by atoms with Crippen LogP contribution in [-0.2, 0) is 4.74 Å². The lowest BCUT2D eigenvalue weighted by molar-refractivity contribution is 0.204. The Kier molecular flexibility index (Phi) is 5.34. The van der Waals surface area contributed by atoms with E-state index >= 15 is 0 Å². The fraction of sp³-hybridized carbons (Fsp3) is 0.538. The molecule has 1 rings (SSSR count). The number of benzene rings is 1. The fourth-order valence-corrected chi connectivity index (χ4v) is 1.79. The molecule has 2 N–H and O–H groups in total. The molecule has 0 aliphatic rings. The van der Waals surface area contributed by atoms with Crippen LogP contribution in [0.3, 0.4) is 0 Å². The average Bonchev–Trinajstić information content (AvgIpc) is 2.28. The van der Waals surface area contributed by atoms with Gasteiger partial charge in [-0.15, -0.1) is 0 Å². The van der Waals surface area contributed by atoms with Gasteiger partial charge in [0.05, 0.1) is 18.0 Å². The number of ether oxygens (including phenoxy) is 1. The smallest absolute Gasteiger partial charge is 0.151 e. The van der Waals surface area contributed by atoms with E-state index in [0.717, 1.165) is 6.07 Å². The van der Waals surface area contributed by atoms with Crippen molar-refractivity contribution in [1.29, 1.82) is 0 Å². The minimum atomic E-state index is -0.726. The summed E-state index contributed by atoms with van der Waals surface area (Å²) in [5, 5.41) is 0. The van der Waals surface area contributed by atoms with Gasteiger partial charge < -0.3 is 15.4 Å². The van der Waals surface area contributed by atoms with Gasteiger partial charge in [-0.3, -0.25) is 0 Å². The van der Waals surface area contributed by atoms with Gasteiger partial charge in [-0.25, -0.2) is 8.78 Å². The van der Waals surface area contributed by atoms with E-state index in [1.165, 1.54) is 6.07 Å². The zero-order valence-corrected chi connectivity index (χ0v) is 11.0. The van der Waals surface area contributed by atoms with Crippen molar-refractivity contribution < 1.29 is 13.5 Å². The first-order valence-electron chi connectivity index (χ1n) is 5.94. The average molecular weight is 258 g/mol. The molecule has 0 spiro atoms. The molecule has 0 amide bonds. The van der Waals surface area contributed by atoms with Gasteiger partial charge >= 0.3 is 0 Å². The number of methoxy groups -OCH3 is 1. The summed E-state index contributed by atoms with van der Waals surface area (Å²) < 4.78 is 31.7. The summed E-state index contributed by atoms with van der Waals surface area (Å²) in [6.07, 6.45) is 0. The van der Waals surface area contributed by atoms with Crippen LogP contribution in [-0.4, -0.2) is 26.8 Å². The number of halogens is 2. The number of hydrogen-bond donors (Lipinski definition) is 1. The normalized spacial score (nSPS) is 11.0. The maximum Gasteiger partial charge on any atom is 0.151 e. The van der Waals surface area contributed by atoms with E-state index in [9.17, 15) is 8.78 Å². The highest BCUT2D eigenvalue weighted by Crippen LogP contribution is 2.27. The lowest BCUT2D eigenvalue weighted by atomic mass is 10.1. The predicted octanol–water partition coefficient (Wildman–Crippen LogP) is 2.66. The van der Waals surface area contributed by atoms with E-state index in [0.29, 0.717) is 31.3 Å². The molecule has 0 atom stereocenters. The summed E-state index contributed by atoms with van der Waals surface area (Å²) in [7, 11) is 1.59. The Balaban J connectivity index is 3.03. The lowest BCUT2D eigenvalue weighted by Crippen LogP contribution is -2.31. The first kappa shape index (κ1) is 14.7. The Morgan fingerprint density at radius 2 is 2.00 bits per heavy atom. The van der Waals surface area contributed by atoms with Crippen molar-refractivity contribution in [2.45, 2.75) is 13.8 Å². The Labute approximate surface area is 107 Å². The Morgan fingerprint density at radius 3 is 2.56 bits per heavy atom. The Bertz CT molecular complexity index is 397. The minimum absolute atomic E-state index is 0.0202. The zero-order chi connectivity index (χ0) is 13.7. The van der Waals surface area contributed by atoms with Crippen molar-refractivity contribution in [2.24, 2.45) is 5.92 Å². The highest BCUT2D eigenvalue weighted by molar-refractivity contribution is 5.68. The fourth-order valence-electron chi connectivity index (χ4n) is 1.79. The van der Waals surface area contributed by atoms with E-state index in [1.807, 2.05) is 18.7 Å². The standard InChI is InChI=1S/C13H20F2N2O/c1-9(2)8-17(4-5-18-3)12-7-10(14)6-11(15)13(12)16/h6-7,9H,4-5,8,16H2,1-3H3. The molecule has 3 nitrogen and oxygen atoms in total. The number of hydrogen-bond acceptors (Lipinski definition) is 3. The zero-order valence-electron chi connectivity index (χ0n) is 11.0. The second-order valence-corrected chi connectivity index (χ2v) is 4.65. The van der Waals surface area contributed by atoms with Gasteiger partial charge in [0, 0.05) is 26.3 Å². The van der Waals surface area contributed by atoms with E-state index in [2.05, 4.69) is 0 Å². The van der Waals surface area contributed by atoms with Gasteiger partial charge in [0.2, 0.25) is 0 Å². The van der Waals surface area contributed by atoms with Gasteiger partial charge in [0.15, 0.2) is 5.82 Å². The maximum absolute atomic E-state index is 13.4. The molecule has 0 aliphatic carbocycles. The predicted molar refractivity (Wildman–Crippen MR) is 69.7 cm³/mol. The van der Waals surface area contributed by atoms with E-state index in [4.69, 9.17) is 10.5 Å². The molecular weight excluding hydrogens is 238 g/mol. The van der Waals surface area contributed by atoms with E-state index < -0.39 is 11.6 Å². The first-order valence-corrected chi connectivity index (χ1v) is 5.94. The van der Waals surface area contributed by atoms with Crippen LogP contribution in [0, 0.1) is 17.6 Å². The number of anilines is 2. The molecule has 0 aliphatic heterocycles. The third-order valence-electron chi connectivity index (χ3n) is 2.56. The van der Waals surface area contributed by atoms with Gasteiger partial charge in [-0.1, -0.05) is 13.8 Å². The van der Waals surface area contributed by atoms with Gasteiger partial charge in [-0.05, 0) is 12.0 Å². The van der Waals surface area contributed by atoms with Crippen molar-refractivity contribution in [3.8, 4) is 0 Å². The molecule has 18 heavy (non-hydrogen) atoms. The summed E-state index contributed by atoms with van der Waals surface area (Å²) >= 11 is 0. The van der Waals surface area contributed by atoms with Crippen LogP contribution in [0.2, 0.25) is 0 Å². The van der Waals surface area contributed by atoms with Crippen molar-refractivity contribution in [2.75, 3.05) is 37.4 Å². The molecule has 1 aromatic carbocycles. The lowest BCUT2D eigenvalue weighted by Gasteiger charge is -2.27. The molecule has 0 heterocycles. The van der Waals surface area contributed by atoms with Crippen molar-refractivity contribution in [3.05, 3.63) is 23.8 Å². The van der Waals surface area contributed by atoms with Crippen LogP contribution >= 0.6 is 0 Å². The number of nitrogens with zero attached hydrogens (tertiary/aromatic N) is 1. The van der Waals surface area contributed by atoms with Gasteiger partial charge in [-0.2, -0.15) is 0 Å². The number of nitrogens with two attached hydrogens (primary N) is 1. The Morgan fingerprint density at radius 1 is 1.33 bits per heavy atom. The molecule has 0 fully saturated rings.